The van der Waals surface area contributed by atoms with Crippen molar-refractivity contribution in [3.63, 3.8) is 0 Å². The molecule has 0 bridgehead atoms. The van der Waals surface area contributed by atoms with E-state index < -0.39 is 0 Å². The van der Waals surface area contributed by atoms with Crippen LogP contribution in [0.4, 0.5) is 48.5 Å². The van der Waals surface area contributed by atoms with E-state index in [2.05, 4.69) is 157 Å². The minimum absolute atomic E-state index is 0.127. The molecule has 570 valence electrons. The van der Waals surface area contributed by atoms with Gasteiger partial charge in [-0.2, -0.15) is 0 Å². The van der Waals surface area contributed by atoms with Crippen molar-refractivity contribution in [2.75, 3.05) is 131 Å². The van der Waals surface area contributed by atoms with Gasteiger partial charge in [-0.3, -0.25) is 14.7 Å². The summed E-state index contributed by atoms with van der Waals surface area (Å²) in [5, 5.41) is 18.9. The number of piperazine rings is 3. The number of nitrogens with one attached hydrogen (secondary N) is 6. The fourth-order valence-electron chi connectivity index (χ4n) is 15.6. The van der Waals surface area contributed by atoms with Gasteiger partial charge in [0.15, 0.2) is 0 Å². The molecule has 6 amide bonds. The molecule has 6 fully saturated rings. The van der Waals surface area contributed by atoms with Gasteiger partial charge >= 0.3 is 18.1 Å². The molecule has 6 N–H and O–H groups in total. The highest BCUT2D eigenvalue weighted by Gasteiger charge is 2.34. The maximum atomic E-state index is 12.6. The molecule has 0 spiro atoms. The largest absolute Gasteiger partial charge is 0.497 e. The molecule has 21 nitrogen and oxygen atoms in total. The molecule has 105 heavy (non-hydrogen) atoms. The summed E-state index contributed by atoms with van der Waals surface area (Å²) in [6.45, 7) is 28.8. The molecule has 3 aliphatic heterocycles. The summed E-state index contributed by atoms with van der Waals surface area (Å²) >= 11 is 6.07. The highest BCUT2D eigenvalue weighted by atomic mass is 35.5. The number of ether oxygens (including phenoxy) is 6. The third-order valence-electron chi connectivity index (χ3n) is 21.1. The van der Waals surface area contributed by atoms with Gasteiger partial charge in [-0.25, -0.2) is 14.4 Å². The Morgan fingerprint density at radius 2 is 0.667 bits per heavy atom. The van der Waals surface area contributed by atoms with Crippen molar-refractivity contribution in [1.29, 1.82) is 0 Å². The molecule has 6 aromatic rings. The average Bonchev–Trinajstić information content (AvgIpc) is 0.842. The number of nitrogens with zero attached hydrogens (tertiary/aromatic N) is 6. The summed E-state index contributed by atoms with van der Waals surface area (Å²) in [7, 11) is 4.87. The Balaban J connectivity index is 0.000000169. The predicted octanol–water partition coefficient (Wildman–Crippen LogP) is 15.5. The summed E-state index contributed by atoms with van der Waals surface area (Å²) in [5.41, 5.74) is 7.77. The van der Waals surface area contributed by atoms with Crippen molar-refractivity contribution in [3.8, 4) is 34.5 Å². The number of methoxy groups -OCH3 is 3. The van der Waals surface area contributed by atoms with Gasteiger partial charge < -0.3 is 75.0 Å². The number of urea groups is 3. The van der Waals surface area contributed by atoms with Crippen LogP contribution in [-0.2, 0) is 0 Å². The highest BCUT2D eigenvalue weighted by Crippen LogP contribution is 2.36. The zero-order valence-corrected chi connectivity index (χ0v) is 64.8. The maximum absolute atomic E-state index is 12.6. The molecular weight excluding hydrogens is 1340 g/mol. The Hall–Kier alpha value is -8.50. The number of amides is 6. The van der Waals surface area contributed by atoms with Gasteiger partial charge in [-0.15, -0.1) is 0 Å². The van der Waals surface area contributed by atoms with E-state index in [1.54, 1.807) is 39.5 Å². The van der Waals surface area contributed by atoms with Gasteiger partial charge in [-0.05, 0) is 235 Å². The first kappa shape index (κ1) is 79.1. The van der Waals surface area contributed by atoms with Gasteiger partial charge in [0, 0.05) is 131 Å². The van der Waals surface area contributed by atoms with E-state index in [4.69, 9.17) is 40.0 Å². The second-order valence-electron chi connectivity index (χ2n) is 29.5. The SMILES string of the molecule is COc1ccc(Cl)cc1NC(=O)NC1CCC(N2CCN(c3ccccc3OC(C)C)CC2)CC1.COc1ccc(NC(=O)NC2CCC(N3CCN(c4ccccc4OC(C)C)CC3)CC2)c(C)c1.COc1ccc(NC(=O)NC2CCC(N3CCN(c4ccccc4OC(C)C)CC3)CC2)c(C)c1. The Bertz CT molecular complexity index is 3540. The topological polar surface area (TPSA) is 198 Å². The zero-order valence-electron chi connectivity index (χ0n) is 64.0. The fourth-order valence-corrected chi connectivity index (χ4v) is 15.7. The molecule has 0 radical (unpaired) electrons. The number of carbonyl (C=O) groups is 3. The first-order valence-corrected chi connectivity index (χ1v) is 38.8. The number of hydrogen-bond donors (Lipinski definition) is 6. The first-order chi connectivity index (χ1) is 50.8. The molecular formula is C83H117ClN12O9. The van der Waals surface area contributed by atoms with Crippen molar-refractivity contribution < 1.29 is 42.8 Å². The zero-order chi connectivity index (χ0) is 74.4. The number of halogens is 1. The number of rotatable bonds is 21. The van der Waals surface area contributed by atoms with Crippen LogP contribution in [0.1, 0.15) is 130 Å². The first-order valence-electron chi connectivity index (χ1n) is 38.4. The number of anilines is 6. The van der Waals surface area contributed by atoms with Crippen molar-refractivity contribution >= 4 is 63.8 Å². The molecule has 6 aromatic carbocycles. The van der Waals surface area contributed by atoms with E-state index in [0.717, 1.165) is 207 Å². The van der Waals surface area contributed by atoms with Crippen molar-refractivity contribution in [3.05, 3.63) is 144 Å². The quantitative estimate of drug-likeness (QED) is 0.0398. The summed E-state index contributed by atoms with van der Waals surface area (Å²) in [4.78, 5) is 52.9. The molecule has 22 heteroatoms. The second kappa shape index (κ2) is 39.2. The smallest absolute Gasteiger partial charge is 0.319 e. The molecule has 3 aliphatic carbocycles. The monoisotopic (exact) mass is 1460 g/mol. The van der Waals surface area contributed by atoms with Crippen LogP contribution in [0.5, 0.6) is 34.5 Å². The average molecular weight is 1460 g/mol. The van der Waals surface area contributed by atoms with Crippen LogP contribution in [0.25, 0.3) is 0 Å². The van der Waals surface area contributed by atoms with E-state index in [9.17, 15) is 14.4 Å². The van der Waals surface area contributed by atoms with Crippen LogP contribution in [0.15, 0.2) is 127 Å². The van der Waals surface area contributed by atoms with Crippen molar-refractivity contribution in [2.24, 2.45) is 0 Å². The molecule has 3 heterocycles. The van der Waals surface area contributed by atoms with Gasteiger partial charge in [0.2, 0.25) is 0 Å². The van der Waals surface area contributed by atoms with Crippen molar-refractivity contribution in [1.82, 2.24) is 30.7 Å². The Morgan fingerprint density at radius 1 is 0.362 bits per heavy atom. The summed E-state index contributed by atoms with van der Waals surface area (Å²) in [5.74, 6) is 5.10. The van der Waals surface area contributed by atoms with Crippen LogP contribution >= 0.6 is 11.6 Å². The van der Waals surface area contributed by atoms with Crippen LogP contribution in [0.2, 0.25) is 5.02 Å². The van der Waals surface area contributed by atoms with E-state index in [0.29, 0.717) is 34.6 Å². The van der Waals surface area contributed by atoms with Crippen LogP contribution < -0.4 is 75.0 Å². The van der Waals surface area contributed by atoms with Crippen LogP contribution in [0.3, 0.4) is 0 Å². The van der Waals surface area contributed by atoms with Gasteiger partial charge in [0.25, 0.3) is 0 Å². The van der Waals surface area contributed by atoms with Gasteiger partial charge in [0.1, 0.15) is 34.5 Å². The third-order valence-corrected chi connectivity index (χ3v) is 21.3. The van der Waals surface area contributed by atoms with Gasteiger partial charge in [-0.1, -0.05) is 48.0 Å². The predicted molar refractivity (Wildman–Crippen MR) is 426 cm³/mol. The van der Waals surface area contributed by atoms with E-state index in [-0.39, 0.29) is 54.5 Å². The summed E-state index contributed by atoms with van der Waals surface area (Å²) in [6.07, 6.45) is 13.2. The lowest BCUT2D eigenvalue weighted by Crippen LogP contribution is -2.52. The Morgan fingerprint density at radius 3 is 0.952 bits per heavy atom. The lowest BCUT2D eigenvalue weighted by molar-refractivity contribution is 0.137. The molecule has 0 aromatic heterocycles. The second-order valence-corrected chi connectivity index (χ2v) is 29.9. The third kappa shape index (κ3) is 23.2. The minimum atomic E-state index is -0.218. The Labute approximate surface area is 629 Å². The van der Waals surface area contributed by atoms with Gasteiger partial charge in [0.05, 0.1) is 62.4 Å². The molecule has 0 atom stereocenters. The van der Waals surface area contributed by atoms with Crippen LogP contribution in [0, 0.1) is 13.8 Å². The fraction of sp³-hybridized carbons (Fsp3) is 0.530. The number of hydrogen-bond acceptors (Lipinski definition) is 15. The normalized spacial score (nSPS) is 21.0. The number of benzene rings is 6. The molecule has 0 unspecified atom stereocenters. The Kier molecular flexibility index (Phi) is 29.5. The molecule has 3 saturated heterocycles. The van der Waals surface area contributed by atoms with E-state index in [1.807, 2.05) is 68.4 Å². The number of carbonyl (C=O) groups excluding carboxylic acids is 3. The number of aryl methyl sites for hydroxylation is 2. The molecule has 12 rings (SSSR count). The van der Waals surface area contributed by atoms with Crippen LogP contribution in [-0.4, -0.2) is 187 Å². The summed E-state index contributed by atoms with van der Waals surface area (Å²) in [6, 6.07) is 43.6. The molecule has 3 saturated carbocycles. The minimum Gasteiger partial charge on any atom is -0.497 e. The van der Waals surface area contributed by atoms with E-state index >= 15 is 0 Å². The van der Waals surface area contributed by atoms with Crippen molar-refractivity contribution in [2.45, 2.75) is 187 Å². The highest BCUT2D eigenvalue weighted by molar-refractivity contribution is 6.31. The van der Waals surface area contributed by atoms with E-state index in [1.165, 1.54) is 17.1 Å². The standard InChI is InChI=1S/2C28H40N4O3.C27H37ClN4O3/c2*1-20(2)35-27-8-6-5-7-26(27)32-17-15-31(16-18-32)23-11-9-22(10-12-23)29-28(33)30-25-14-13-24(34-4)19-21(25)3;1-19(2)35-26-7-5-4-6-24(26)32-16-14-31(15-17-32)22-11-9-21(10-12-22)29-27(33)30-23-18-20(28)8-13-25(23)34-3/h2*5-8,13-14,19-20,22-23H,9-12,15-18H2,1-4H3,(H2,29,30,33);4-8,13,18-19,21-22H,9-12,14-17H2,1-3H3,(H2,29,30,33). The molecule has 6 aliphatic rings. The maximum Gasteiger partial charge on any atom is 0.319 e. The lowest BCUT2D eigenvalue weighted by atomic mass is 9.90. The number of para-hydroxylation sites is 6. The summed E-state index contributed by atoms with van der Waals surface area (Å²) < 4.78 is 33.9. The lowest BCUT2D eigenvalue weighted by Gasteiger charge is -2.43.